The summed E-state index contributed by atoms with van der Waals surface area (Å²) in [7, 11) is -3.73. The quantitative estimate of drug-likeness (QED) is 0.634. The molecule has 1 aromatic heterocycles. The molecule has 0 unspecified atom stereocenters. The number of nitrogens with two attached hydrogens (primary N) is 1. The predicted molar refractivity (Wildman–Crippen MR) is 113 cm³/mol. The molecule has 1 aliphatic carbocycles. The van der Waals surface area contributed by atoms with Crippen LogP contribution in [0.15, 0.2) is 64.0 Å². The van der Waals surface area contributed by atoms with Crippen molar-refractivity contribution in [1.82, 2.24) is 10.1 Å². The molecule has 0 saturated heterocycles. The van der Waals surface area contributed by atoms with Crippen LogP contribution >= 0.6 is 12.4 Å². The number of hydrogen-bond acceptors (Lipinski definition) is 6. The van der Waals surface area contributed by atoms with Gasteiger partial charge in [0.05, 0.1) is 16.1 Å². The van der Waals surface area contributed by atoms with Crippen LogP contribution in [0, 0.1) is 0 Å². The molecule has 0 radical (unpaired) electrons. The maximum Gasteiger partial charge on any atom is 0.264 e. The summed E-state index contributed by atoms with van der Waals surface area (Å²) in [5, 5.41) is 4.01. The Morgan fingerprint density at radius 1 is 1.14 bits per heavy atom. The lowest BCUT2D eigenvalue weighted by Crippen LogP contribution is -2.44. The third-order valence-electron chi connectivity index (χ3n) is 5.12. The van der Waals surface area contributed by atoms with Crippen molar-refractivity contribution in [3.05, 3.63) is 60.4 Å². The second-order valence-electron chi connectivity index (χ2n) is 6.97. The standard InChI is InChI=1S/C20H22N4O3S.ClH/c1-2-24(16-9-4-3-5-10-16)28(25,26)17-11-6-8-15(14-17)18-22-19(23-27-18)20(21)12-7-13-20;/h3-6,8-11,14H,2,7,12-13,21H2,1H3;1H. The van der Waals surface area contributed by atoms with Gasteiger partial charge in [-0.1, -0.05) is 29.4 Å². The topological polar surface area (TPSA) is 102 Å². The number of anilines is 1. The molecule has 2 N–H and O–H groups in total. The minimum atomic E-state index is -3.73. The van der Waals surface area contributed by atoms with E-state index in [4.69, 9.17) is 10.3 Å². The fourth-order valence-corrected chi connectivity index (χ4v) is 4.85. The number of para-hydroxylation sites is 1. The maximum atomic E-state index is 13.2. The monoisotopic (exact) mass is 434 g/mol. The summed E-state index contributed by atoms with van der Waals surface area (Å²) >= 11 is 0. The second kappa shape index (κ2) is 8.14. The maximum absolute atomic E-state index is 13.2. The number of rotatable bonds is 6. The lowest BCUT2D eigenvalue weighted by molar-refractivity contribution is 0.229. The third kappa shape index (κ3) is 3.88. The summed E-state index contributed by atoms with van der Waals surface area (Å²) in [5.41, 5.74) is 6.88. The van der Waals surface area contributed by atoms with Crippen molar-refractivity contribution in [2.75, 3.05) is 10.8 Å². The van der Waals surface area contributed by atoms with E-state index in [9.17, 15) is 8.42 Å². The minimum absolute atomic E-state index is 0. The number of hydrogen-bond donors (Lipinski definition) is 1. The van der Waals surface area contributed by atoms with E-state index in [1.54, 1.807) is 43.3 Å². The zero-order valence-corrected chi connectivity index (χ0v) is 17.6. The van der Waals surface area contributed by atoms with E-state index >= 15 is 0 Å². The largest absolute Gasteiger partial charge is 0.334 e. The third-order valence-corrected chi connectivity index (χ3v) is 7.02. The van der Waals surface area contributed by atoms with Gasteiger partial charge in [-0.15, -0.1) is 12.4 Å². The van der Waals surface area contributed by atoms with Crippen molar-refractivity contribution in [3.8, 4) is 11.5 Å². The average molecular weight is 435 g/mol. The number of sulfonamides is 1. The van der Waals surface area contributed by atoms with Crippen LogP contribution < -0.4 is 10.0 Å². The number of halogens is 1. The summed E-state index contributed by atoms with van der Waals surface area (Å²) in [6, 6.07) is 15.6. The molecule has 0 spiro atoms. The normalized spacial score (nSPS) is 15.2. The fourth-order valence-electron chi connectivity index (χ4n) is 3.33. The van der Waals surface area contributed by atoms with Gasteiger partial charge in [0, 0.05) is 12.1 Å². The van der Waals surface area contributed by atoms with Crippen LogP contribution in [0.5, 0.6) is 0 Å². The first-order valence-corrected chi connectivity index (χ1v) is 10.7. The molecule has 4 rings (SSSR count). The number of benzene rings is 2. The average Bonchev–Trinajstić information content (AvgIpc) is 3.18. The van der Waals surface area contributed by atoms with Gasteiger partial charge in [0.1, 0.15) is 0 Å². The first kappa shape index (κ1) is 21.3. The van der Waals surface area contributed by atoms with Gasteiger partial charge in [-0.05, 0) is 56.5 Å². The number of aromatic nitrogens is 2. The molecule has 2 aromatic carbocycles. The lowest BCUT2D eigenvalue weighted by atomic mass is 9.77. The van der Waals surface area contributed by atoms with Gasteiger partial charge in [0.15, 0.2) is 5.82 Å². The molecular weight excluding hydrogens is 412 g/mol. The summed E-state index contributed by atoms with van der Waals surface area (Å²) in [4.78, 5) is 4.58. The van der Waals surface area contributed by atoms with Gasteiger partial charge in [-0.25, -0.2) is 8.42 Å². The summed E-state index contributed by atoms with van der Waals surface area (Å²) in [5.74, 6) is 0.744. The highest BCUT2D eigenvalue weighted by Gasteiger charge is 2.39. The molecule has 1 heterocycles. The van der Waals surface area contributed by atoms with Crippen molar-refractivity contribution in [2.24, 2.45) is 5.73 Å². The molecule has 154 valence electrons. The van der Waals surface area contributed by atoms with Crippen molar-refractivity contribution in [3.63, 3.8) is 0 Å². The second-order valence-corrected chi connectivity index (χ2v) is 8.83. The van der Waals surface area contributed by atoms with Crippen molar-refractivity contribution < 1.29 is 12.9 Å². The van der Waals surface area contributed by atoms with Crippen molar-refractivity contribution in [1.29, 1.82) is 0 Å². The van der Waals surface area contributed by atoms with Crippen LogP contribution in [0.2, 0.25) is 0 Å². The van der Waals surface area contributed by atoms with Gasteiger partial charge in [0.25, 0.3) is 15.9 Å². The Labute approximate surface area is 176 Å². The molecule has 1 aliphatic rings. The number of nitrogens with zero attached hydrogens (tertiary/aromatic N) is 3. The van der Waals surface area contributed by atoms with E-state index < -0.39 is 15.6 Å². The molecule has 0 atom stereocenters. The highest BCUT2D eigenvalue weighted by molar-refractivity contribution is 7.92. The summed E-state index contributed by atoms with van der Waals surface area (Å²) in [6.07, 6.45) is 2.69. The summed E-state index contributed by atoms with van der Waals surface area (Å²) < 4.78 is 33.1. The van der Waals surface area contributed by atoms with E-state index in [2.05, 4.69) is 10.1 Å². The predicted octanol–water partition coefficient (Wildman–Crippen LogP) is 3.71. The first-order chi connectivity index (χ1) is 13.4. The highest BCUT2D eigenvalue weighted by Crippen LogP contribution is 2.37. The smallest absolute Gasteiger partial charge is 0.264 e. The Bertz CT molecular complexity index is 1080. The van der Waals surface area contributed by atoms with Gasteiger partial charge >= 0.3 is 0 Å². The van der Waals surface area contributed by atoms with E-state index in [-0.39, 0.29) is 23.2 Å². The molecule has 29 heavy (non-hydrogen) atoms. The van der Waals surface area contributed by atoms with Crippen LogP contribution in [-0.2, 0) is 15.6 Å². The van der Waals surface area contributed by atoms with E-state index in [0.29, 0.717) is 23.6 Å². The molecule has 3 aromatic rings. The molecule has 0 aliphatic heterocycles. The lowest BCUT2D eigenvalue weighted by Gasteiger charge is -2.34. The molecular formula is C20H23ClN4O3S. The first-order valence-electron chi connectivity index (χ1n) is 9.25. The Morgan fingerprint density at radius 3 is 2.48 bits per heavy atom. The molecule has 9 heteroatoms. The molecule has 7 nitrogen and oxygen atoms in total. The Kier molecular flexibility index (Phi) is 5.97. The molecule has 0 bridgehead atoms. The zero-order valence-electron chi connectivity index (χ0n) is 16.0. The van der Waals surface area contributed by atoms with Crippen LogP contribution in [0.3, 0.4) is 0 Å². The molecule has 1 fully saturated rings. The highest BCUT2D eigenvalue weighted by atomic mass is 35.5. The van der Waals surface area contributed by atoms with E-state index in [1.165, 1.54) is 4.31 Å². The van der Waals surface area contributed by atoms with Crippen LogP contribution in [-0.4, -0.2) is 25.1 Å². The van der Waals surface area contributed by atoms with Crippen molar-refractivity contribution >= 4 is 28.1 Å². The Morgan fingerprint density at radius 2 is 1.86 bits per heavy atom. The Hall–Kier alpha value is -2.42. The zero-order chi connectivity index (χ0) is 19.8. The van der Waals surface area contributed by atoms with Crippen LogP contribution in [0.4, 0.5) is 5.69 Å². The van der Waals surface area contributed by atoms with Gasteiger partial charge in [-0.2, -0.15) is 4.98 Å². The van der Waals surface area contributed by atoms with Gasteiger partial charge < -0.3 is 10.3 Å². The van der Waals surface area contributed by atoms with Crippen LogP contribution in [0.1, 0.15) is 32.0 Å². The SMILES string of the molecule is CCN(c1ccccc1)S(=O)(=O)c1cccc(-c2nc(C3(N)CCC3)no2)c1.Cl. The van der Waals surface area contributed by atoms with E-state index in [1.807, 2.05) is 18.2 Å². The molecule has 1 saturated carbocycles. The van der Waals surface area contributed by atoms with Crippen molar-refractivity contribution in [2.45, 2.75) is 36.6 Å². The fraction of sp³-hybridized carbons (Fsp3) is 0.300. The molecule has 0 amide bonds. The van der Waals surface area contributed by atoms with Gasteiger partial charge in [0.2, 0.25) is 0 Å². The summed E-state index contributed by atoms with van der Waals surface area (Å²) in [6.45, 7) is 2.12. The van der Waals surface area contributed by atoms with Gasteiger partial charge in [-0.3, -0.25) is 4.31 Å². The van der Waals surface area contributed by atoms with Crippen LogP contribution in [0.25, 0.3) is 11.5 Å². The Balaban J connectivity index is 0.00000240. The minimum Gasteiger partial charge on any atom is -0.334 e. The van der Waals surface area contributed by atoms with E-state index in [0.717, 1.165) is 19.3 Å².